The summed E-state index contributed by atoms with van der Waals surface area (Å²) in [6, 6.07) is 13.4. The van der Waals surface area contributed by atoms with E-state index in [2.05, 4.69) is 0 Å². The average molecular weight is 351 g/mol. The first-order valence-electron chi connectivity index (χ1n) is 7.95. The Morgan fingerprint density at radius 3 is 2.12 bits per heavy atom. The number of Topliss-reactive ketones (excluding diaryl/α,β-unsaturated/α-hetero) is 1. The Kier molecular flexibility index (Phi) is 5.68. The summed E-state index contributed by atoms with van der Waals surface area (Å²) >= 11 is 0. The minimum absolute atomic E-state index is 0.0635. The van der Waals surface area contributed by atoms with Gasteiger partial charge >= 0.3 is 5.97 Å². The molecule has 4 nitrogen and oxygen atoms in total. The van der Waals surface area contributed by atoms with Gasteiger partial charge in [0.2, 0.25) is 0 Å². The zero-order valence-electron chi connectivity index (χ0n) is 14.7. The van der Waals surface area contributed by atoms with Gasteiger partial charge in [0.05, 0.1) is 11.1 Å². The van der Waals surface area contributed by atoms with Gasteiger partial charge in [-0.25, -0.2) is 9.18 Å². The van der Waals surface area contributed by atoms with Crippen LogP contribution < -0.4 is 4.74 Å². The molecule has 0 unspecified atom stereocenters. The standard InChI is InChI=1S/C21H18FNO3/c1-21(2,3)19(24)16(13-23)12-14-4-10-18(11-5-14)26-20(25)15-6-8-17(22)9-7-15/h4-12H,1-3H3. The van der Waals surface area contributed by atoms with Crippen molar-refractivity contribution in [1.82, 2.24) is 0 Å². The lowest BCUT2D eigenvalue weighted by Gasteiger charge is -2.15. The number of esters is 1. The highest BCUT2D eigenvalue weighted by atomic mass is 19.1. The van der Waals surface area contributed by atoms with Crippen LogP contribution in [0.1, 0.15) is 36.7 Å². The van der Waals surface area contributed by atoms with Crippen LogP contribution in [0.4, 0.5) is 4.39 Å². The third-order valence-corrected chi connectivity index (χ3v) is 3.53. The molecule has 2 rings (SSSR count). The van der Waals surface area contributed by atoms with Crippen LogP contribution in [0.5, 0.6) is 5.75 Å². The number of halogens is 1. The molecular weight excluding hydrogens is 333 g/mol. The first-order chi connectivity index (χ1) is 12.2. The van der Waals surface area contributed by atoms with E-state index in [0.29, 0.717) is 11.3 Å². The molecule has 0 aliphatic heterocycles. The van der Waals surface area contributed by atoms with E-state index in [9.17, 15) is 19.2 Å². The van der Waals surface area contributed by atoms with Crippen LogP contribution in [0.2, 0.25) is 0 Å². The molecule has 0 N–H and O–H groups in total. The number of carbonyl (C=O) groups is 2. The van der Waals surface area contributed by atoms with Crippen molar-refractivity contribution in [3.05, 3.63) is 71.0 Å². The molecule has 0 aromatic heterocycles. The number of nitriles is 1. The summed E-state index contributed by atoms with van der Waals surface area (Å²) in [6.45, 7) is 5.25. The molecule has 26 heavy (non-hydrogen) atoms. The Balaban J connectivity index is 2.14. The van der Waals surface area contributed by atoms with Gasteiger partial charge in [-0.05, 0) is 48.0 Å². The summed E-state index contributed by atoms with van der Waals surface area (Å²) in [5.74, 6) is -0.978. The second-order valence-corrected chi connectivity index (χ2v) is 6.71. The summed E-state index contributed by atoms with van der Waals surface area (Å²) in [4.78, 5) is 24.2. The molecule has 0 fully saturated rings. The Morgan fingerprint density at radius 1 is 1.04 bits per heavy atom. The molecule has 2 aromatic carbocycles. The van der Waals surface area contributed by atoms with Gasteiger partial charge in [-0.3, -0.25) is 4.79 Å². The van der Waals surface area contributed by atoms with E-state index in [1.165, 1.54) is 30.3 Å². The molecule has 0 saturated heterocycles. The quantitative estimate of drug-likeness (QED) is 0.350. The lowest BCUT2D eigenvalue weighted by atomic mass is 9.86. The molecule has 0 aliphatic rings. The van der Waals surface area contributed by atoms with Gasteiger partial charge in [0.1, 0.15) is 17.6 Å². The number of rotatable bonds is 4. The molecule has 0 bridgehead atoms. The molecule has 132 valence electrons. The molecule has 0 atom stereocenters. The maximum absolute atomic E-state index is 12.9. The molecule has 0 spiro atoms. The van der Waals surface area contributed by atoms with Gasteiger partial charge in [0.25, 0.3) is 0 Å². The topological polar surface area (TPSA) is 67.2 Å². The van der Waals surface area contributed by atoms with E-state index in [-0.39, 0.29) is 16.9 Å². The summed E-state index contributed by atoms with van der Waals surface area (Å²) in [5, 5.41) is 9.21. The highest BCUT2D eigenvalue weighted by Gasteiger charge is 2.24. The van der Waals surface area contributed by atoms with Crippen molar-refractivity contribution < 1.29 is 18.7 Å². The van der Waals surface area contributed by atoms with Gasteiger partial charge in [-0.15, -0.1) is 0 Å². The Morgan fingerprint density at radius 2 is 1.62 bits per heavy atom. The lowest BCUT2D eigenvalue weighted by molar-refractivity contribution is -0.121. The van der Waals surface area contributed by atoms with E-state index in [1.54, 1.807) is 45.0 Å². The molecule has 0 amide bonds. The zero-order valence-corrected chi connectivity index (χ0v) is 14.7. The number of hydrogen-bond acceptors (Lipinski definition) is 4. The first-order valence-corrected chi connectivity index (χ1v) is 7.95. The maximum Gasteiger partial charge on any atom is 0.343 e. The van der Waals surface area contributed by atoms with Crippen LogP contribution in [-0.4, -0.2) is 11.8 Å². The maximum atomic E-state index is 12.9. The Bertz CT molecular complexity index is 883. The highest BCUT2D eigenvalue weighted by Crippen LogP contribution is 2.22. The van der Waals surface area contributed by atoms with Crippen LogP contribution >= 0.6 is 0 Å². The SMILES string of the molecule is CC(C)(C)C(=O)C(C#N)=Cc1ccc(OC(=O)c2ccc(F)cc2)cc1. The highest BCUT2D eigenvalue weighted by molar-refractivity contribution is 6.06. The van der Waals surface area contributed by atoms with Crippen LogP contribution in [0, 0.1) is 22.6 Å². The fourth-order valence-electron chi connectivity index (χ4n) is 2.10. The third kappa shape index (κ3) is 4.87. The normalized spacial score (nSPS) is 11.6. The lowest BCUT2D eigenvalue weighted by Crippen LogP contribution is -2.21. The fraction of sp³-hybridized carbons (Fsp3) is 0.190. The predicted octanol–water partition coefficient (Wildman–Crippen LogP) is 4.57. The third-order valence-electron chi connectivity index (χ3n) is 3.53. The van der Waals surface area contributed by atoms with E-state index < -0.39 is 17.2 Å². The van der Waals surface area contributed by atoms with Gasteiger partial charge in [-0.2, -0.15) is 5.26 Å². The van der Waals surface area contributed by atoms with Gasteiger partial charge in [0, 0.05) is 5.41 Å². The summed E-state index contributed by atoms with van der Waals surface area (Å²) < 4.78 is 18.1. The van der Waals surface area contributed by atoms with Crippen molar-refractivity contribution in [3.8, 4) is 11.8 Å². The number of nitrogens with zero attached hydrogens (tertiary/aromatic N) is 1. The fourth-order valence-corrected chi connectivity index (χ4v) is 2.10. The minimum Gasteiger partial charge on any atom is -0.423 e. The summed E-state index contributed by atoms with van der Waals surface area (Å²) in [5.41, 5.74) is 0.291. The number of benzene rings is 2. The number of allylic oxidation sites excluding steroid dienone is 1. The predicted molar refractivity (Wildman–Crippen MR) is 95.9 cm³/mol. The van der Waals surface area contributed by atoms with Crippen LogP contribution in [0.25, 0.3) is 6.08 Å². The molecule has 5 heteroatoms. The van der Waals surface area contributed by atoms with Crippen molar-refractivity contribution >= 4 is 17.8 Å². The molecule has 0 radical (unpaired) electrons. The van der Waals surface area contributed by atoms with E-state index in [0.717, 1.165) is 0 Å². The summed E-state index contributed by atoms with van der Waals surface area (Å²) in [7, 11) is 0. The number of ether oxygens (including phenoxy) is 1. The van der Waals surface area contributed by atoms with Crippen LogP contribution in [0.15, 0.2) is 54.1 Å². The molecule has 0 saturated carbocycles. The number of carbonyl (C=O) groups excluding carboxylic acids is 2. The number of ketones is 1. The second kappa shape index (κ2) is 7.75. The van der Waals surface area contributed by atoms with E-state index >= 15 is 0 Å². The van der Waals surface area contributed by atoms with Crippen molar-refractivity contribution in [2.24, 2.45) is 5.41 Å². The first kappa shape index (κ1) is 19.1. The van der Waals surface area contributed by atoms with Gasteiger partial charge in [-0.1, -0.05) is 32.9 Å². The molecule has 0 aliphatic carbocycles. The second-order valence-electron chi connectivity index (χ2n) is 6.71. The Labute approximate surface area is 151 Å². The summed E-state index contributed by atoms with van der Waals surface area (Å²) in [6.07, 6.45) is 1.50. The zero-order chi connectivity index (χ0) is 19.3. The van der Waals surface area contributed by atoms with E-state index in [1.807, 2.05) is 6.07 Å². The van der Waals surface area contributed by atoms with Gasteiger partial charge < -0.3 is 4.74 Å². The van der Waals surface area contributed by atoms with Crippen molar-refractivity contribution in [1.29, 1.82) is 5.26 Å². The molecular formula is C21H18FNO3. The largest absolute Gasteiger partial charge is 0.423 e. The van der Waals surface area contributed by atoms with Crippen LogP contribution in [-0.2, 0) is 4.79 Å². The van der Waals surface area contributed by atoms with Crippen molar-refractivity contribution in [3.63, 3.8) is 0 Å². The molecule has 0 heterocycles. The van der Waals surface area contributed by atoms with E-state index in [4.69, 9.17) is 4.74 Å². The minimum atomic E-state index is -0.647. The monoisotopic (exact) mass is 351 g/mol. The molecule has 2 aromatic rings. The van der Waals surface area contributed by atoms with Gasteiger partial charge in [0.15, 0.2) is 5.78 Å². The van der Waals surface area contributed by atoms with Crippen molar-refractivity contribution in [2.75, 3.05) is 0 Å². The average Bonchev–Trinajstić information content (AvgIpc) is 2.60. The van der Waals surface area contributed by atoms with Crippen molar-refractivity contribution in [2.45, 2.75) is 20.8 Å². The smallest absolute Gasteiger partial charge is 0.343 e. The number of hydrogen-bond donors (Lipinski definition) is 0. The van der Waals surface area contributed by atoms with Crippen LogP contribution in [0.3, 0.4) is 0 Å². The Hall–Kier alpha value is -3.26.